The summed E-state index contributed by atoms with van der Waals surface area (Å²) >= 11 is 5.83. The molecule has 0 saturated heterocycles. The van der Waals surface area contributed by atoms with Gasteiger partial charge in [0, 0.05) is 6.20 Å². The molecular weight excluding hydrogens is 292 g/mol. The first-order valence-corrected chi connectivity index (χ1v) is 6.24. The molecule has 106 valence electrons. The molecule has 1 heterocycles. The number of nitrogens with two attached hydrogens (primary N) is 1. The van der Waals surface area contributed by atoms with Gasteiger partial charge < -0.3 is 15.8 Å². The minimum absolute atomic E-state index is 0.184. The maximum absolute atomic E-state index is 11.4. The summed E-state index contributed by atoms with van der Waals surface area (Å²) in [5.41, 5.74) is 6.75. The van der Waals surface area contributed by atoms with E-state index in [0.717, 1.165) is 0 Å². The number of nitrogens with zero attached hydrogens (tertiary/aromatic N) is 2. The van der Waals surface area contributed by atoms with Crippen molar-refractivity contribution in [2.24, 2.45) is 5.73 Å². The van der Waals surface area contributed by atoms with Crippen molar-refractivity contribution >= 4 is 28.9 Å². The molecular formula is C14H11ClN4O2. The van der Waals surface area contributed by atoms with Gasteiger partial charge in [-0.25, -0.2) is 4.98 Å². The fourth-order valence-corrected chi connectivity index (χ4v) is 1.98. The standard InChI is InChI=1S/C14H11ClN4O2/c1-21-13-8(6-16)3-2-4-10(13)19-11-5-12(15)18-7-9(11)14(17)20/h2-5,7H,1H3,(H2,17,20)(H,18,19). The fourth-order valence-electron chi connectivity index (χ4n) is 1.82. The fraction of sp³-hybridized carbons (Fsp3) is 0.0714. The first-order chi connectivity index (χ1) is 10.1. The van der Waals surface area contributed by atoms with E-state index in [-0.39, 0.29) is 10.7 Å². The van der Waals surface area contributed by atoms with E-state index in [9.17, 15) is 4.79 Å². The number of hydrogen-bond acceptors (Lipinski definition) is 5. The number of amides is 1. The van der Waals surface area contributed by atoms with Crippen LogP contribution in [-0.2, 0) is 0 Å². The van der Waals surface area contributed by atoms with Crippen LogP contribution < -0.4 is 15.8 Å². The summed E-state index contributed by atoms with van der Waals surface area (Å²) in [5.74, 6) is -0.277. The Morgan fingerprint density at radius 1 is 1.48 bits per heavy atom. The number of anilines is 2. The van der Waals surface area contributed by atoms with E-state index in [0.29, 0.717) is 22.7 Å². The van der Waals surface area contributed by atoms with Crippen molar-refractivity contribution in [3.05, 3.63) is 46.7 Å². The van der Waals surface area contributed by atoms with Crippen molar-refractivity contribution in [2.45, 2.75) is 0 Å². The van der Waals surface area contributed by atoms with E-state index in [4.69, 9.17) is 27.3 Å². The largest absolute Gasteiger partial charge is 0.493 e. The zero-order valence-corrected chi connectivity index (χ0v) is 11.8. The molecule has 1 amide bonds. The highest BCUT2D eigenvalue weighted by Crippen LogP contribution is 2.32. The van der Waals surface area contributed by atoms with Crippen LogP contribution in [0.1, 0.15) is 15.9 Å². The van der Waals surface area contributed by atoms with Crippen LogP contribution in [0.3, 0.4) is 0 Å². The number of benzene rings is 1. The molecule has 6 nitrogen and oxygen atoms in total. The molecule has 0 aliphatic heterocycles. The molecule has 1 aromatic carbocycles. The van der Waals surface area contributed by atoms with E-state index in [1.54, 1.807) is 18.2 Å². The molecule has 0 radical (unpaired) electrons. The Hall–Kier alpha value is -2.78. The van der Waals surface area contributed by atoms with Crippen LogP contribution in [0.5, 0.6) is 5.75 Å². The smallest absolute Gasteiger partial charge is 0.252 e. The van der Waals surface area contributed by atoms with Crippen molar-refractivity contribution in [3.63, 3.8) is 0 Å². The van der Waals surface area contributed by atoms with Gasteiger partial charge in [0.05, 0.1) is 29.6 Å². The molecule has 0 saturated carbocycles. The Bertz CT molecular complexity index is 740. The van der Waals surface area contributed by atoms with Gasteiger partial charge in [-0.2, -0.15) is 5.26 Å². The van der Waals surface area contributed by atoms with Gasteiger partial charge in [0.15, 0.2) is 5.75 Å². The number of halogens is 1. The van der Waals surface area contributed by atoms with Gasteiger partial charge in [-0.1, -0.05) is 17.7 Å². The lowest BCUT2D eigenvalue weighted by Crippen LogP contribution is -2.14. The van der Waals surface area contributed by atoms with E-state index >= 15 is 0 Å². The molecule has 1 aromatic heterocycles. The number of methoxy groups -OCH3 is 1. The normalized spacial score (nSPS) is 9.76. The quantitative estimate of drug-likeness (QED) is 0.845. The number of carbonyl (C=O) groups is 1. The third kappa shape index (κ3) is 3.04. The van der Waals surface area contributed by atoms with Crippen LogP contribution in [0.15, 0.2) is 30.5 Å². The van der Waals surface area contributed by atoms with Crippen LogP contribution in [-0.4, -0.2) is 18.0 Å². The number of hydrogen-bond donors (Lipinski definition) is 2. The second-order valence-corrected chi connectivity index (χ2v) is 4.43. The summed E-state index contributed by atoms with van der Waals surface area (Å²) in [6.45, 7) is 0. The second kappa shape index (κ2) is 6.11. The van der Waals surface area contributed by atoms with Crippen molar-refractivity contribution in [2.75, 3.05) is 12.4 Å². The highest BCUT2D eigenvalue weighted by Gasteiger charge is 2.14. The van der Waals surface area contributed by atoms with Crippen LogP contribution in [0, 0.1) is 11.3 Å². The van der Waals surface area contributed by atoms with Crippen molar-refractivity contribution < 1.29 is 9.53 Å². The molecule has 3 N–H and O–H groups in total. The molecule has 0 unspecified atom stereocenters. The SMILES string of the molecule is COc1c(C#N)cccc1Nc1cc(Cl)ncc1C(N)=O. The Morgan fingerprint density at radius 3 is 2.86 bits per heavy atom. The Balaban J connectivity index is 2.51. The van der Waals surface area contributed by atoms with Gasteiger partial charge in [0.1, 0.15) is 11.2 Å². The number of nitriles is 1. The summed E-state index contributed by atoms with van der Waals surface area (Å²) in [6, 6.07) is 8.52. The molecule has 2 rings (SSSR count). The Morgan fingerprint density at radius 2 is 2.24 bits per heavy atom. The molecule has 0 aliphatic carbocycles. The zero-order valence-electron chi connectivity index (χ0n) is 11.1. The number of carbonyl (C=O) groups excluding carboxylic acids is 1. The second-order valence-electron chi connectivity index (χ2n) is 4.04. The lowest BCUT2D eigenvalue weighted by Gasteiger charge is -2.14. The third-order valence-electron chi connectivity index (χ3n) is 2.74. The molecule has 7 heteroatoms. The molecule has 0 atom stereocenters. The number of pyridine rings is 1. The summed E-state index contributed by atoms with van der Waals surface area (Å²) in [4.78, 5) is 15.2. The van der Waals surface area contributed by atoms with Crippen LogP contribution >= 0.6 is 11.6 Å². The maximum Gasteiger partial charge on any atom is 0.252 e. The average molecular weight is 303 g/mol. The highest BCUT2D eigenvalue weighted by atomic mass is 35.5. The van der Waals surface area contributed by atoms with Crippen molar-refractivity contribution in [1.82, 2.24) is 4.98 Å². The van der Waals surface area contributed by atoms with Crippen molar-refractivity contribution in [3.8, 4) is 11.8 Å². The lowest BCUT2D eigenvalue weighted by atomic mass is 10.1. The van der Waals surface area contributed by atoms with E-state index in [2.05, 4.69) is 10.3 Å². The Labute approximate surface area is 126 Å². The maximum atomic E-state index is 11.4. The predicted octanol–water partition coefficient (Wildman–Crippen LogP) is 2.46. The van der Waals surface area contributed by atoms with E-state index in [1.807, 2.05) is 6.07 Å². The van der Waals surface area contributed by atoms with Gasteiger partial charge in [0.25, 0.3) is 5.91 Å². The summed E-state index contributed by atoms with van der Waals surface area (Å²) in [7, 11) is 1.45. The van der Waals surface area contributed by atoms with Gasteiger partial charge in [-0.3, -0.25) is 4.79 Å². The van der Waals surface area contributed by atoms with Gasteiger partial charge in [-0.15, -0.1) is 0 Å². The topological polar surface area (TPSA) is 101 Å². The van der Waals surface area contributed by atoms with Crippen LogP contribution in [0.4, 0.5) is 11.4 Å². The van der Waals surface area contributed by atoms with Gasteiger partial charge in [0.2, 0.25) is 0 Å². The van der Waals surface area contributed by atoms with Crippen LogP contribution in [0.2, 0.25) is 5.15 Å². The number of primary amides is 1. The first-order valence-electron chi connectivity index (χ1n) is 5.86. The summed E-state index contributed by atoms with van der Waals surface area (Å²) in [6.07, 6.45) is 1.29. The molecule has 2 aromatic rings. The monoisotopic (exact) mass is 302 g/mol. The molecule has 0 fully saturated rings. The molecule has 0 spiro atoms. The summed E-state index contributed by atoms with van der Waals surface area (Å²) < 4.78 is 5.22. The minimum Gasteiger partial charge on any atom is -0.493 e. The predicted molar refractivity (Wildman–Crippen MR) is 78.8 cm³/mol. The van der Waals surface area contributed by atoms with E-state index < -0.39 is 5.91 Å². The first kappa shape index (κ1) is 14.6. The van der Waals surface area contributed by atoms with Gasteiger partial charge in [-0.05, 0) is 18.2 Å². The average Bonchev–Trinajstić information content (AvgIpc) is 2.46. The minimum atomic E-state index is -0.642. The number of aromatic nitrogens is 1. The summed E-state index contributed by atoms with van der Waals surface area (Å²) in [5, 5.41) is 12.3. The number of nitrogens with one attached hydrogen (secondary N) is 1. The van der Waals surface area contributed by atoms with Crippen molar-refractivity contribution in [1.29, 1.82) is 5.26 Å². The Kier molecular flexibility index (Phi) is 4.26. The molecule has 0 aliphatic rings. The van der Waals surface area contributed by atoms with Crippen LogP contribution in [0.25, 0.3) is 0 Å². The number of ether oxygens (including phenoxy) is 1. The number of rotatable bonds is 4. The van der Waals surface area contributed by atoms with Gasteiger partial charge >= 0.3 is 0 Å². The molecule has 21 heavy (non-hydrogen) atoms. The molecule has 0 bridgehead atoms. The zero-order chi connectivity index (χ0) is 15.4. The van der Waals surface area contributed by atoms with E-state index in [1.165, 1.54) is 19.4 Å². The lowest BCUT2D eigenvalue weighted by molar-refractivity contribution is 0.100. The number of para-hydroxylation sites is 1. The third-order valence-corrected chi connectivity index (χ3v) is 2.95. The highest BCUT2D eigenvalue weighted by molar-refractivity contribution is 6.29.